The number of hydrogen-bond donors (Lipinski definition) is 0. The number of benzene rings is 1. The van der Waals surface area contributed by atoms with Crippen molar-refractivity contribution in [2.75, 3.05) is 26.7 Å². The highest BCUT2D eigenvalue weighted by molar-refractivity contribution is 5.73. The van der Waals surface area contributed by atoms with E-state index < -0.39 is 17.6 Å². The molecular formula is C16H20F4N2O. The number of nitrogens with zero attached hydrogens (tertiary/aromatic N) is 2. The fourth-order valence-corrected chi connectivity index (χ4v) is 2.99. The normalized spacial score (nSPS) is 18.7. The van der Waals surface area contributed by atoms with Crippen LogP contribution < -0.4 is 0 Å². The van der Waals surface area contributed by atoms with Gasteiger partial charge in [-0.2, -0.15) is 13.2 Å². The molecule has 1 saturated heterocycles. The van der Waals surface area contributed by atoms with Crippen LogP contribution in [0.1, 0.15) is 24.5 Å². The van der Waals surface area contributed by atoms with E-state index in [1.807, 2.05) is 4.90 Å². The Hall–Kier alpha value is -1.63. The molecule has 128 valence electrons. The molecule has 0 radical (unpaired) electrons. The maximum atomic E-state index is 13.4. The molecule has 1 unspecified atom stereocenters. The standard InChI is InChI=1S/C16H20F4N2O/c1-11(23)22-4-3-12(10-22)8-21(2)9-13-5-14(16(18,19)20)7-15(17)6-13/h5-7,12H,3-4,8-10H2,1-2H3. The first-order chi connectivity index (χ1) is 10.6. The lowest BCUT2D eigenvalue weighted by Gasteiger charge is -2.22. The van der Waals surface area contributed by atoms with Crippen LogP contribution >= 0.6 is 0 Å². The molecule has 1 aromatic carbocycles. The van der Waals surface area contributed by atoms with Crippen molar-refractivity contribution >= 4 is 5.91 Å². The van der Waals surface area contributed by atoms with E-state index in [1.54, 1.807) is 11.9 Å². The monoisotopic (exact) mass is 332 g/mol. The van der Waals surface area contributed by atoms with Crippen molar-refractivity contribution in [2.45, 2.75) is 26.1 Å². The molecule has 3 nitrogen and oxygen atoms in total. The lowest BCUT2D eigenvalue weighted by molar-refractivity contribution is -0.137. The maximum Gasteiger partial charge on any atom is 0.416 e. The Labute approximate surface area is 132 Å². The molecule has 0 spiro atoms. The van der Waals surface area contributed by atoms with Crippen LogP contribution in [0.15, 0.2) is 18.2 Å². The molecular weight excluding hydrogens is 312 g/mol. The van der Waals surface area contributed by atoms with Gasteiger partial charge in [0, 0.05) is 33.1 Å². The third-order valence-corrected chi connectivity index (χ3v) is 4.04. The number of alkyl halides is 3. The molecule has 1 aromatic rings. The summed E-state index contributed by atoms with van der Waals surface area (Å²) in [6, 6.07) is 2.61. The minimum atomic E-state index is -4.55. The lowest BCUT2D eigenvalue weighted by Crippen LogP contribution is -2.30. The van der Waals surface area contributed by atoms with Gasteiger partial charge in [0.1, 0.15) is 5.82 Å². The lowest BCUT2D eigenvalue weighted by atomic mass is 10.1. The van der Waals surface area contributed by atoms with Crippen molar-refractivity contribution < 1.29 is 22.4 Å². The molecule has 1 aliphatic heterocycles. The van der Waals surface area contributed by atoms with Gasteiger partial charge in [0.15, 0.2) is 0 Å². The van der Waals surface area contributed by atoms with Crippen LogP contribution in [0.3, 0.4) is 0 Å². The van der Waals surface area contributed by atoms with Gasteiger partial charge in [0.05, 0.1) is 5.56 Å². The smallest absolute Gasteiger partial charge is 0.343 e. The van der Waals surface area contributed by atoms with E-state index in [1.165, 1.54) is 6.92 Å². The predicted molar refractivity (Wildman–Crippen MR) is 78.1 cm³/mol. The minimum absolute atomic E-state index is 0.0371. The van der Waals surface area contributed by atoms with Gasteiger partial charge in [-0.05, 0) is 43.1 Å². The van der Waals surface area contributed by atoms with Gasteiger partial charge < -0.3 is 9.80 Å². The zero-order valence-electron chi connectivity index (χ0n) is 13.2. The van der Waals surface area contributed by atoms with Gasteiger partial charge >= 0.3 is 6.18 Å². The summed E-state index contributed by atoms with van der Waals surface area (Å²) >= 11 is 0. The SMILES string of the molecule is CC(=O)N1CCC(CN(C)Cc2cc(F)cc(C(F)(F)F)c2)C1. The first kappa shape index (κ1) is 17.7. The molecule has 23 heavy (non-hydrogen) atoms. The number of carbonyl (C=O) groups is 1. The van der Waals surface area contributed by atoms with Gasteiger partial charge in [0.2, 0.25) is 5.91 Å². The number of amides is 1. The van der Waals surface area contributed by atoms with Gasteiger partial charge in [-0.1, -0.05) is 0 Å². The Balaban J connectivity index is 1.97. The van der Waals surface area contributed by atoms with Crippen LogP contribution in [0.5, 0.6) is 0 Å². The summed E-state index contributed by atoms with van der Waals surface area (Å²) in [5.41, 5.74) is -0.675. The third kappa shape index (κ3) is 4.92. The van der Waals surface area contributed by atoms with Crippen molar-refractivity contribution in [1.82, 2.24) is 9.80 Å². The second-order valence-electron chi connectivity index (χ2n) is 6.16. The summed E-state index contributed by atoms with van der Waals surface area (Å²) in [6.45, 7) is 3.79. The summed E-state index contributed by atoms with van der Waals surface area (Å²) in [5, 5.41) is 0. The molecule has 0 aromatic heterocycles. The van der Waals surface area contributed by atoms with E-state index in [0.29, 0.717) is 37.2 Å². The zero-order valence-corrected chi connectivity index (χ0v) is 13.2. The zero-order chi connectivity index (χ0) is 17.2. The highest BCUT2D eigenvalue weighted by atomic mass is 19.4. The van der Waals surface area contributed by atoms with Crippen molar-refractivity contribution in [3.8, 4) is 0 Å². The second kappa shape index (κ2) is 6.86. The molecule has 0 saturated carbocycles. The van der Waals surface area contributed by atoms with E-state index >= 15 is 0 Å². The van der Waals surface area contributed by atoms with E-state index in [-0.39, 0.29) is 12.5 Å². The first-order valence-electron chi connectivity index (χ1n) is 7.46. The number of carbonyl (C=O) groups excluding carboxylic acids is 1. The van der Waals surface area contributed by atoms with Crippen LogP contribution in [-0.2, 0) is 17.5 Å². The van der Waals surface area contributed by atoms with Crippen molar-refractivity contribution in [2.24, 2.45) is 5.92 Å². The molecule has 0 aliphatic carbocycles. The van der Waals surface area contributed by atoms with Gasteiger partial charge in [-0.15, -0.1) is 0 Å². The van der Waals surface area contributed by atoms with Crippen LogP contribution in [0.2, 0.25) is 0 Å². The van der Waals surface area contributed by atoms with E-state index in [2.05, 4.69) is 0 Å². The summed E-state index contributed by atoms with van der Waals surface area (Å²) < 4.78 is 51.5. The molecule has 2 rings (SSSR count). The Morgan fingerprint density at radius 3 is 2.61 bits per heavy atom. The Bertz CT molecular complexity index is 574. The van der Waals surface area contributed by atoms with E-state index in [0.717, 1.165) is 18.6 Å². The second-order valence-corrected chi connectivity index (χ2v) is 6.16. The predicted octanol–water partition coefficient (Wildman–Crippen LogP) is 3.14. The van der Waals surface area contributed by atoms with Crippen molar-refractivity contribution in [3.05, 3.63) is 35.1 Å². The summed E-state index contributed by atoms with van der Waals surface area (Å²) in [4.78, 5) is 14.9. The molecule has 1 aliphatic rings. The quantitative estimate of drug-likeness (QED) is 0.791. The van der Waals surface area contributed by atoms with Crippen LogP contribution in [0.4, 0.5) is 17.6 Å². The first-order valence-corrected chi connectivity index (χ1v) is 7.46. The van der Waals surface area contributed by atoms with E-state index in [9.17, 15) is 22.4 Å². The molecule has 1 heterocycles. The van der Waals surface area contributed by atoms with Crippen LogP contribution in [-0.4, -0.2) is 42.4 Å². The third-order valence-electron chi connectivity index (χ3n) is 4.04. The molecule has 0 bridgehead atoms. The van der Waals surface area contributed by atoms with Gasteiger partial charge in [0.25, 0.3) is 0 Å². The highest BCUT2D eigenvalue weighted by Crippen LogP contribution is 2.30. The average molecular weight is 332 g/mol. The number of rotatable bonds is 4. The topological polar surface area (TPSA) is 23.6 Å². The Kier molecular flexibility index (Phi) is 5.29. The Morgan fingerprint density at radius 1 is 1.35 bits per heavy atom. The van der Waals surface area contributed by atoms with E-state index in [4.69, 9.17) is 0 Å². The minimum Gasteiger partial charge on any atom is -0.343 e. The summed E-state index contributed by atoms with van der Waals surface area (Å²) in [6.07, 6.45) is -3.68. The molecule has 7 heteroatoms. The van der Waals surface area contributed by atoms with Crippen LogP contribution in [0, 0.1) is 11.7 Å². The van der Waals surface area contributed by atoms with Crippen LogP contribution in [0.25, 0.3) is 0 Å². The molecule has 1 fully saturated rings. The average Bonchev–Trinajstić information content (AvgIpc) is 2.85. The fourth-order valence-electron chi connectivity index (χ4n) is 2.99. The number of hydrogen-bond acceptors (Lipinski definition) is 2. The number of halogens is 4. The number of likely N-dealkylation sites (tertiary alicyclic amines) is 1. The maximum absolute atomic E-state index is 13.4. The molecule has 1 atom stereocenters. The largest absolute Gasteiger partial charge is 0.416 e. The summed E-state index contributed by atoms with van der Waals surface area (Å²) in [5.74, 6) is -0.554. The van der Waals surface area contributed by atoms with Gasteiger partial charge in [-0.25, -0.2) is 4.39 Å². The Morgan fingerprint density at radius 2 is 2.04 bits per heavy atom. The van der Waals surface area contributed by atoms with Gasteiger partial charge in [-0.3, -0.25) is 4.79 Å². The molecule has 1 amide bonds. The van der Waals surface area contributed by atoms with Crippen molar-refractivity contribution in [3.63, 3.8) is 0 Å². The fraction of sp³-hybridized carbons (Fsp3) is 0.562. The summed E-state index contributed by atoms with van der Waals surface area (Å²) in [7, 11) is 1.79. The van der Waals surface area contributed by atoms with Crippen molar-refractivity contribution in [1.29, 1.82) is 0 Å². The highest BCUT2D eigenvalue weighted by Gasteiger charge is 2.31. The molecule has 0 N–H and O–H groups in total.